The number of nitrogens with zero attached hydrogens (tertiary/aromatic N) is 2. The van der Waals surface area contributed by atoms with Crippen LogP contribution in [0.1, 0.15) is 26.5 Å². The fourth-order valence-electron chi connectivity index (χ4n) is 3.91. The average molecular weight is 464 g/mol. The minimum atomic E-state index is -3.71. The lowest BCUT2D eigenvalue weighted by molar-refractivity contribution is 0.102. The van der Waals surface area contributed by atoms with Gasteiger partial charge < -0.3 is 5.32 Å². The molecular formula is C24H21N3O3S2. The van der Waals surface area contributed by atoms with Gasteiger partial charge >= 0.3 is 0 Å². The van der Waals surface area contributed by atoms with Crippen LogP contribution in [0.4, 0.5) is 5.69 Å². The number of aryl methyl sites for hydroxylation is 1. The summed E-state index contributed by atoms with van der Waals surface area (Å²) in [7, 11) is -3.71. The molecule has 8 heteroatoms. The van der Waals surface area contributed by atoms with Crippen LogP contribution in [-0.4, -0.2) is 30.2 Å². The average Bonchev–Trinajstić information content (AvgIpc) is 3.27. The van der Waals surface area contributed by atoms with Gasteiger partial charge in [0, 0.05) is 34.6 Å². The van der Waals surface area contributed by atoms with Crippen molar-refractivity contribution >= 4 is 43.9 Å². The molecule has 6 nitrogen and oxygen atoms in total. The number of hydrogen-bond acceptors (Lipinski definition) is 5. The van der Waals surface area contributed by atoms with Gasteiger partial charge in [0.15, 0.2) is 0 Å². The van der Waals surface area contributed by atoms with E-state index in [1.165, 1.54) is 21.3 Å². The van der Waals surface area contributed by atoms with Gasteiger partial charge in [0.25, 0.3) is 5.91 Å². The number of carbonyl (C=O) groups excluding carboxylic acids is 1. The predicted molar refractivity (Wildman–Crippen MR) is 126 cm³/mol. The number of anilines is 1. The van der Waals surface area contributed by atoms with E-state index in [4.69, 9.17) is 0 Å². The van der Waals surface area contributed by atoms with Crippen LogP contribution in [0.3, 0.4) is 0 Å². The summed E-state index contributed by atoms with van der Waals surface area (Å²) in [4.78, 5) is 18.9. The summed E-state index contributed by atoms with van der Waals surface area (Å²) in [6.45, 7) is 2.69. The van der Waals surface area contributed by atoms with Crippen molar-refractivity contribution in [2.75, 3.05) is 11.9 Å². The summed E-state index contributed by atoms with van der Waals surface area (Å²) in [5.74, 6) is -0.378. The molecular weight excluding hydrogens is 442 g/mol. The van der Waals surface area contributed by atoms with E-state index in [-0.39, 0.29) is 16.4 Å². The molecule has 2 aromatic heterocycles. The second-order valence-corrected chi connectivity index (χ2v) is 10.7. The predicted octanol–water partition coefficient (Wildman–Crippen LogP) is 4.60. The summed E-state index contributed by atoms with van der Waals surface area (Å²) < 4.78 is 28.0. The Kier molecular flexibility index (Phi) is 5.28. The number of fused-ring (bicyclic) bond motifs is 2. The standard InChI is InChI=1S/C24H21N3O3S2/c1-16-8-9-17-4-3-7-21(23(17)25-16)26-24(28)18-5-2-6-20(14-18)32(29,30)27-12-10-22-19(15-27)11-13-31-22/h2-9,11,13-14H,10,12,15H2,1H3,(H,26,28). The lowest BCUT2D eigenvalue weighted by atomic mass is 10.1. The molecule has 162 valence electrons. The van der Waals surface area contributed by atoms with Crippen LogP contribution >= 0.6 is 11.3 Å². The van der Waals surface area contributed by atoms with Gasteiger partial charge in [0.1, 0.15) is 0 Å². The number of aromatic nitrogens is 1. The maximum absolute atomic E-state index is 13.3. The molecule has 5 rings (SSSR count). The summed E-state index contributed by atoms with van der Waals surface area (Å²) in [5.41, 5.74) is 3.47. The Labute approximate surface area is 190 Å². The normalized spacial score (nSPS) is 14.3. The highest BCUT2D eigenvalue weighted by atomic mass is 32.2. The van der Waals surface area contributed by atoms with Crippen molar-refractivity contribution < 1.29 is 13.2 Å². The minimum absolute atomic E-state index is 0.121. The summed E-state index contributed by atoms with van der Waals surface area (Å²) >= 11 is 1.66. The molecule has 0 radical (unpaired) electrons. The first kappa shape index (κ1) is 20.8. The smallest absolute Gasteiger partial charge is 0.255 e. The number of pyridine rings is 1. The van der Waals surface area contributed by atoms with E-state index in [0.717, 1.165) is 16.6 Å². The van der Waals surface area contributed by atoms with Crippen molar-refractivity contribution in [2.24, 2.45) is 0 Å². The minimum Gasteiger partial charge on any atom is -0.320 e. The zero-order chi connectivity index (χ0) is 22.3. The Morgan fingerprint density at radius 3 is 2.81 bits per heavy atom. The number of carbonyl (C=O) groups is 1. The molecule has 3 heterocycles. The summed E-state index contributed by atoms with van der Waals surface area (Å²) in [6.07, 6.45) is 0.708. The third kappa shape index (κ3) is 3.81. The van der Waals surface area contributed by atoms with Crippen LogP contribution in [0, 0.1) is 6.92 Å². The fourth-order valence-corrected chi connectivity index (χ4v) is 6.27. The first-order chi connectivity index (χ1) is 15.4. The van der Waals surface area contributed by atoms with Crippen LogP contribution in [0.2, 0.25) is 0 Å². The number of hydrogen-bond donors (Lipinski definition) is 1. The Balaban J connectivity index is 1.42. The van der Waals surface area contributed by atoms with E-state index in [9.17, 15) is 13.2 Å². The van der Waals surface area contributed by atoms with Crippen molar-refractivity contribution in [3.63, 3.8) is 0 Å². The molecule has 1 amide bonds. The number of para-hydroxylation sites is 1. The van der Waals surface area contributed by atoms with Crippen LogP contribution in [-0.2, 0) is 23.0 Å². The highest BCUT2D eigenvalue weighted by Gasteiger charge is 2.29. The van der Waals surface area contributed by atoms with E-state index < -0.39 is 10.0 Å². The van der Waals surface area contributed by atoms with Crippen LogP contribution < -0.4 is 5.32 Å². The molecule has 0 bridgehead atoms. The van der Waals surface area contributed by atoms with E-state index >= 15 is 0 Å². The Hall–Kier alpha value is -3.07. The molecule has 1 aliphatic heterocycles. The zero-order valence-electron chi connectivity index (χ0n) is 17.4. The van der Waals surface area contributed by atoms with E-state index in [2.05, 4.69) is 10.3 Å². The highest BCUT2D eigenvalue weighted by Crippen LogP contribution is 2.29. The molecule has 1 N–H and O–H groups in total. The third-order valence-electron chi connectivity index (χ3n) is 5.61. The lowest BCUT2D eigenvalue weighted by Gasteiger charge is -2.26. The summed E-state index contributed by atoms with van der Waals surface area (Å²) in [6, 6.07) is 17.6. The number of amides is 1. The van der Waals surface area contributed by atoms with Gasteiger partial charge in [-0.2, -0.15) is 4.31 Å². The Bertz CT molecular complexity index is 1440. The molecule has 0 spiro atoms. The largest absolute Gasteiger partial charge is 0.320 e. The van der Waals surface area contributed by atoms with E-state index in [1.54, 1.807) is 29.5 Å². The third-order valence-corrected chi connectivity index (χ3v) is 8.48. The molecule has 32 heavy (non-hydrogen) atoms. The molecule has 4 aromatic rings. The molecule has 0 aliphatic carbocycles. The quantitative estimate of drug-likeness (QED) is 0.480. The summed E-state index contributed by atoms with van der Waals surface area (Å²) in [5, 5.41) is 5.80. The molecule has 1 aliphatic rings. The van der Waals surface area contributed by atoms with Gasteiger partial charge in [-0.1, -0.05) is 24.3 Å². The zero-order valence-corrected chi connectivity index (χ0v) is 19.0. The number of nitrogens with one attached hydrogen (secondary N) is 1. The molecule has 0 saturated heterocycles. The van der Waals surface area contributed by atoms with Gasteiger partial charge in [0.2, 0.25) is 10.0 Å². The van der Waals surface area contributed by atoms with Gasteiger partial charge in [-0.05, 0) is 60.7 Å². The Morgan fingerprint density at radius 1 is 1.09 bits per heavy atom. The van der Waals surface area contributed by atoms with Crippen molar-refractivity contribution in [3.8, 4) is 0 Å². The van der Waals surface area contributed by atoms with Crippen LogP contribution in [0.15, 0.2) is 70.9 Å². The van der Waals surface area contributed by atoms with Crippen molar-refractivity contribution in [1.82, 2.24) is 9.29 Å². The maximum atomic E-state index is 13.3. The monoisotopic (exact) mass is 463 g/mol. The molecule has 0 unspecified atom stereocenters. The highest BCUT2D eigenvalue weighted by molar-refractivity contribution is 7.89. The molecule has 0 saturated carbocycles. The number of benzene rings is 2. The number of rotatable bonds is 4. The van der Waals surface area contributed by atoms with E-state index in [0.29, 0.717) is 30.7 Å². The van der Waals surface area contributed by atoms with Gasteiger partial charge in [0.05, 0.1) is 16.1 Å². The lowest BCUT2D eigenvalue weighted by Crippen LogP contribution is -2.35. The molecule has 0 fully saturated rings. The SMILES string of the molecule is Cc1ccc2cccc(NC(=O)c3cccc(S(=O)(=O)N4CCc5sccc5C4)c3)c2n1. The second-order valence-electron chi connectivity index (χ2n) is 7.77. The maximum Gasteiger partial charge on any atom is 0.255 e. The van der Waals surface area contributed by atoms with Crippen molar-refractivity contribution in [2.45, 2.75) is 24.8 Å². The number of thiophene rings is 1. The van der Waals surface area contributed by atoms with Crippen LogP contribution in [0.25, 0.3) is 10.9 Å². The van der Waals surface area contributed by atoms with Gasteiger partial charge in [-0.25, -0.2) is 8.42 Å². The molecule has 2 aromatic carbocycles. The number of sulfonamides is 1. The second kappa shape index (κ2) is 8.12. The topological polar surface area (TPSA) is 79.4 Å². The van der Waals surface area contributed by atoms with Gasteiger partial charge in [-0.15, -0.1) is 11.3 Å². The Morgan fingerprint density at radius 2 is 1.94 bits per heavy atom. The van der Waals surface area contributed by atoms with Crippen LogP contribution in [0.5, 0.6) is 0 Å². The van der Waals surface area contributed by atoms with Gasteiger partial charge in [-0.3, -0.25) is 9.78 Å². The van der Waals surface area contributed by atoms with E-state index in [1.807, 2.05) is 42.6 Å². The van der Waals surface area contributed by atoms with Crippen molar-refractivity contribution in [1.29, 1.82) is 0 Å². The fraction of sp³-hybridized carbons (Fsp3) is 0.167. The first-order valence-corrected chi connectivity index (χ1v) is 12.6. The molecule has 0 atom stereocenters. The van der Waals surface area contributed by atoms with Crippen molar-refractivity contribution in [3.05, 3.63) is 87.7 Å². The first-order valence-electron chi connectivity index (χ1n) is 10.2.